The minimum atomic E-state index is -0.251. The van der Waals surface area contributed by atoms with Crippen LogP contribution >= 0.6 is 0 Å². The molecule has 0 aliphatic carbocycles. The fraction of sp³-hybridized carbons (Fsp3) is 0.227. The summed E-state index contributed by atoms with van der Waals surface area (Å²) < 4.78 is 13.1. The van der Waals surface area contributed by atoms with Crippen LogP contribution in [0, 0.1) is 5.82 Å². The summed E-state index contributed by atoms with van der Waals surface area (Å²) in [5.41, 5.74) is 1.90. The molecule has 29 heavy (non-hydrogen) atoms. The molecule has 0 unspecified atom stereocenters. The predicted molar refractivity (Wildman–Crippen MR) is 111 cm³/mol. The van der Waals surface area contributed by atoms with Gasteiger partial charge in [-0.2, -0.15) is 0 Å². The van der Waals surface area contributed by atoms with Gasteiger partial charge in [0.25, 0.3) is 0 Å². The van der Waals surface area contributed by atoms with Crippen molar-refractivity contribution in [2.75, 3.05) is 36.4 Å². The second-order valence-electron chi connectivity index (χ2n) is 6.91. The Morgan fingerprint density at radius 3 is 2.38 bits per heavy atom. The second kappa shape index (κ2) is 8.68. The molecule has 3 aromatic rings. The molecule has 1 aliphatic heterocycles. The first-order valence-electron chi connectivity index (χ1n) is 9.58. The van der Waals surface area contributed by atoms with Gasteiger partial charge in [0, 0.05) is 44.4 Å². The number of amides is 1. The van der Waals surface area contributed by atoms with Gasteiger partial charge in [-0.15, -0.1) is 0 Å². The normalized spacial score (nSPS) is 14.0. The van der Waals surface area contributed by atoms with Crippen molar-refractivity contribution < 1.29 is 9.18 Å². The second-order valence-corrected chi connectivity index (χ2v) is 6.91. The Balaban J connectivity index is 1.59. The number of anilines is 2. The summed E-state index contributed by atoms with van der Waals surface area (Å²) in [6.45, 7) is 3.33. The van der Waals surface area contributed by atoms with Crippen LogP contribution in [0.5, 0.6) is 0 Å². The average Bonchev–Trinajstić information content (AvgIpc) is 2.79. The highest BCUT2D eigenvalue weighted by Crippen LogP contribution is 2.23. The van der Waals surface area contributed by atoms with Crippen molar-refractivity contribution in [3.8, 4) is 11.4 Å². The first-order chi connectivity index (χ1) is 14.2. The lowest BCUT2D eigenvalue weighted by Crippen LogP contribution is -2.46. The molecule has 6 nitrogen and oxygen atoms in total. The number of aromatic nitrogens is 2. The SMILES string of the molecule is O=CN1CCN(c2cc(NCc3ccc(F)cc3)nc(-c3ccccc3)n2)CC1. The van der Waals surface area contributed by atoms with Gasteiger partial charge >= 0.3 is 0 Å². The molecule has 2 heterocycles. The van der Waals surface area contributed by atoms with Gasteiger partial charge in [0.15, 0.2) is 5.82 Å². The van der Waals surface area contributed by atoms with Crippen molar-refractivity contribution in [3.05, 3.63) is 72.0 Å². The number of hydrogen-bond donors (Lipinski definition) is 1. The number of nitrogens with zero attached hydrogens (tertiary/aromatic N) is 4. The number of nitrogens with one attached hydrogen (secondary N) is 1. The van der Waals surface area contributed by atoms with Crippen LogP contribution in [-0.4, -0.2) is 47.5 Å². The minimum Gasteiger partial charge on any atom is -0.366 e. The molecule has 7 heteroatoms. The van der Waals surface area contributed by atoms with Crippen LogP contribution < -0.4 is 10.2 Å². The third-order valence-corrected chi connectivity index (χ3v) is 4.92. The van der Waals surface area contributed by atoms with E-state index < -0.39 is 0 Å². The van der Waals surface area contributed by atoms with Crippen molar-refractivity contribution in [3.63, 3.8) is 0 Å². The molecule has 0 atom stereocenters. The summed E-state index contributed by atoms with van der Waals surface area (Å²) in [5, 5.41) is 3.32. The van der Waals surface area contributed by atoms with Crippen LogP contribution in [0.1, 0.15) is 5.56 Å². The lowest BCUT2D eigenvalue weighted by atomic mass is 10.2. The van der Waals surface area contributed by atoms with Crippen LogP contribution in [0.3, 0.4) is 0 Å². The smallest absolute Gasteiger partial charge is 0.209 e. The molecule has 1 saturated heterocycles. The Labute approximate surface area is 169 Å². The molecule has 1 amide bonds. The van der Waals surface area contributed by atoms with Crippen molar-refractivity contribution in [2.24, 2.45) is 0 Å². The molecule has 1 aromatic heterocycles. The van der Waals surface area contributed by atoms with E-state index in [1.165, 1.54) is 12.1 Å². The molecule has 148 valence electrons. The van der Waals surface area contributed by atoms with Crippen molar-refractivity contribution >= 4 is 18.0 Å². The van der Waals surface area contributed by atoms with Gasteiger partial charge in [-0.1, -0.05) is 42.5 Å². The van der Waals surface area contributed by atoms with E-state index in [0.29, 0.717) is 31.3 Å². The van der Waals surface area contributed by atoms with E-state index >= 15 is 0 Å². The van der Waals surface area contributed by atoms with E-state index in [9.17, 15) is 9.18 Å². The van der Waals surface area contributed by atoms with Crippen molar-refractivity contribution in [1.29, 1.82) is 0 Å². The summed E-state index contributed by atoms with van der Waals surface area (Å²) in [7, 11) is 0. The molecule has 1 N–H and O–H groups in total. The van der Waals surface area contributed by atoms with E-state index in [1.54, 1.807) is 17.0 Å². The molecule has 0 bridgehead atoms. The summed E-state index contributed by atoms with van der Waals surface area (Å²) in [5.74, 6) is 1.92. The Hall–Kier alpha value is -3.48. The topological polar surface area (TPSA) is 61.4 Å². The van der Waals surface area contributed by atoms with Gasteiger partial charge < -0.3 is 15.1 Å². The summed E-state index contributed by atoms with van der Waals surface area (Å²) in [4.78, 5) is 24.4. The summed E-state index contributed by atoms with van der Waals surface area (Å²) in [6.07, 6.45) is 0.891. The van der Waals surface area contributed by atoms with E-state index in [2.05, 4.69) is 15.2 Å². The first kappa shape index (κ1) is 18.9. The van der Waals surface area contributed by atoms with E-state index in [4.69, 9.17) is 4.98 Å². The number of benzene rings is 2. The molecule has 1 aliphatic rings. The lowest BCUT2D eigenvalue weighted by Gasteiger charge is -2.33. The van der Waals surface area contributed by atoms with Gasteiger partial charge in [-0.05, 0) is 17.7 Å². The van der Waals surface area contributed by atoms with Crippen LogP contribution in [0.2, 0.25) is 0 Å². The molecule has 2 aromatic carbocycles. The molecule has 0 saturated carbocycles. The van der Waals surface area contributed by atoms with Crippen molar-refractivity contribution in [2.45, 2.75) is 6.54 Å². The van der Waals surface area contributed by atoms with Crippen molar-refractivity contribution in [1.82, 2.24) is 14.9 Å². The Morgan fingerprint density at radius 2 is 1.69 bits per heavy atom. The van der Waals surface area contributed by atoms with Gasteiger partial charge in [-0.3, -0.25) is 4.79 Å². The third-order valence-electron chi connectivity index (χ3n) is 4.92. The monoisotopic (exact) mass is 391 g/mol. The van der Waals surface area contributed by atoms with Crippen LogP contribution in [-0.2, 0) is 11.3 Å². The number of piperazine rings is 1. The number of hydrogen-bond acceptors (Lipinski definition) is 5. The van der Waals surface area contributed by atoms with Gasteiger partial charge in [0.2, 0.25) is 6.41 Å². The van der Waals surface area contributed by atoms with Gasteiger partial charge in [-0.25, -0.2) is 14.4 Å². The molecular formula is C22H22FN5O. The minimum absolute atomic E-state index is 0.251. The maximum Gasteiger partial charge on any atom is 0.209 e. The maximum atomic E-state index is 13.1. The van der Waals surface area contributed by atoms with Gasteiger partial charge in [0.1, 0.15) is 17.5 Å². The van der Waals surface area contributed by atoms with Gasteiger partial charge in [0.05, 0.1) is 0 Å². The maximum absolute atomic E-state index is 13.1. The molecular weight excluding hydrogens is 369 g/mol. The number of carbonyl (C=O) groups is 1. The van der Waals surface area contributed by atoms with Crippen LogP contribution in [0.4, 0.5) is 16.0 Å². The largest absolute Gasteiger partial charge is 0.366 e. The Bertz CT molecular complexity index is 957. The molecule has 0 spiro atoms. The highest BCUT2D eigenvalue weighted by Gasteiger charge is 2.18. The summed E-state index contributed by atoms with van der Waals surface area (Å²) >= 11 is 0. The number of carbonyl (C=O) groups excluding carboxylic acids is 1. The third kappa shape index (κ3) is 4.68. The zero-order valence-corrected chi connectivity index (χ0v) is 16.0. The fourth-order valence-electron chi connectivity index (χ4n) is 3.25. The van der Waals surface area contributed by atoms with Crippen LogP contribution in [0.25, 0.3) is 11.4 Å². The Morgan fingerprint density at radius 1 is 0.966 bits per heavy atom. The highest BCUT2D eigenvalue weighted by molar-refractivity contribution is 5.62. The highest BCUT2D eigenvalue weighted by atomic mass is 19.1. The van der Waals surface area contributed by atoms with E-state index in [-0.39, 0.29) is 5.82 Å². The standard InChI is InChI=1S/C22H22FN5O/c23-19-8-6-17(7-9-19)15-24-20-14-21(28-12-10-27(16-29)11-13-28)26-22(25-20)18-4-2-1-3-5-18/h1-9,14,16H,10-13,15H2,(H,24,25,26). The Kier molecular flexibility index (Phi) is 5.65. The molecule has 0 radical (unpaired) electrons. The fourth-order valence-corrected chi connectivity index (χ4v) is 3.25. The zero-order chi connectivity index (χ0) is 20.1. The zero-order valence-electron chi connectivity index (χ0n) is 16.0. The van der Waals surface area contributed by atoms with E-state index in [1.807, 2.05) is 36.4 Å². The molecule has 4 rings (SSSR count). The quantitative estimate of drug-likeness (QED) is 0.654. The first-order valence-corrected chi connectivity index (χ1v) is 9.58. The number of rotatable bonds is 6. The lowest BCUT2D eigenvalue weighted by molar-refractivity contribution is -0.118. The summed E-state index contributed by atoms with van der Waals surface area (Å²) in [6, 6.07) is 18.2. The predicted octanol–water partition coefficient (Wildman–Crippen LogP) is 3.17. The number of halogens is 1. The van der Waals surface area contributed by atoms with E-state index in [0.717, 1.165) is 36.4 Å². The van der Waals surface area contributed by atoms with Crippen LogP contribution in [0.15, 0.2) is 60.7 Å². The molecule has 1 fully saturated rings. The average molecular weight is 391 g/mol.